The molecule has 0 amide bonds. The van der Waals surface area contributed by atoms with E-state index < -0.39 is 0 Å². The van der Waals surface area contributed by atoms with Crippen molar-refractivity contribution in [3.05, 3.63) is 35.2 Å². The highest BCUT2D eigenvalue weighted by atomic mass is 32.1. The molecule has 77 valence electrons. The first-order valence-electron chi connectivity index (χ1n) is 5.29. The van der Waals surface area contributed by atoms with E-state index in [4.69, 9.17) is 0 Å². The van der Waals surface area contributed by atoms with Gasteiger partial charge in [0.1, 0.15) is 0 Å². The molecule has 1 N–H and O–H groups in total. The third-order valence-corrected chi connectivity index (χ3v) is 3.97. The number of nitrogens with one attached hydrogen (secondary N) is 1. The van der Waals surface area contributed by atoms with Crippen LogP contribution >= 0.6 is 11.3 Å². The Kier molecular flexibility index (Phi) is 2.44. The Morgan fingerprint density at radius 3 is 3.07 bits per heavy atom. The van der Waals surface area contributed by atoms with Crippen LogP contribution in [0.1, 0.15) is 10.9 Å². The normalized spacial score (nSPS) is 22.0. The van der Waals surface area contributed by atoms with Crippen molar-refractivity contribution >= 4 is 21.4 Å². The molecule has 1 saturated heterocycles. The van der Waals surface area contributed by atoms with Gasteiger partial charge in [-0.1, -0.05) is 18.2 Å². The monoisotopic (exact) mass is 217 g/mol. The largest absolute Gasteiger partial charge is 0.313 e. The van der Waals surface area contributed by atoms with Crippen LogP contribution in [0.3, 0.4) is 0 Å². The first kappa shape index (κ1) is 9.33. The summed E-state index contributed by atoms with van der Waals surface area (Å²) in [4.78, 5) is 1.39. The molecule has 0 bridgehead atoms. The minimum atomic E-state index is 0.371. The van der Waals surface area contributed by atoms with Gasteiger partial charge in [0, 0.05) is 29.2 Å². The first-order valence-corrected chi connectivity index (χ1v) is 6.11. The number of benzene rings is 1. The molecule has 2 aromatic rings. The molecule has 1 atom stereocenters. The minimum absolute atomic E-state index is 0.371. The summed E-state index contributed by atoms with van der Waals surface area (Å²) >= 11 is 1.87. The fourth-order valence-corrected chi connectivity index (χ4v) is 3.09. The molecule has 3 rings (SSSR count). The predicted octanol–water partition coefficient (Wildman–Crippen LogP) is 2.15. The van der Waals surface area contributed by atoms with Gasteiger partial charge in [-0.05, 0) is 17.5 Å². The Morgan fingerprint density at radius 1 is 1.33 bits per heavy atom. The van der Waals surface area contributed by atoms with Crippen LogP contribution < -0.4 is 10.6 Å². The average molecular weight is 217 g/mol. The van der Waals surface area contributed by atoms with E-state index in [2.05, 4.69) is 41.0 Å². The number of piperazine rings is 1. The molecular formula is C12H13N2S. The highest BCUT2D eigenvalue weighted by Gasteiger charge is 2.17. The van der Waals surface area contributed by atoms with E-state index in [1.165, 1.54) is 15.0 Å². The summed E-state index contributed by atoms with van der Waals surface area (Å²) in [6.07, 6.45) is 0. The Morgan fingerprint density at radius 2 is 2.27 bits per heavy atom. The smallest absolute Gasteiger partial charge is 0.0714 e. The topological polar surface area (TPSA) is 26.1 Å². The number of nitrogens with zero attached hydrogens (tertiary/aromatic N) is 1. The maximum Gasteiger partial charge on any atom is 0.0714 e. The van der Waals surface area contributed by atoms with Crippen LogP contribution in [-0.4, -0.2) is 19.6 Å². The van der Waals surface area contributed by atoms with Crippen LogP contribution in [0.4, 0.5) is 0 Å². The van der Waals surface area contributed by atoms with E-state index in [1.54, 1.807) is 0 Å². The molecule has 1 aliphatic heterocycles. The maximum atomic E-state index is 4.64. The van der Waals surface area contributed by atoms with Crippen molar-refractivity contribution in [2.75, 3.05) is 19.6 Å². The van der Waals surface area contributed by atoms with E-state index in [9.17, 15) is 0 Å². The zero-order valence-corrected chi connectivity index (χ0v) is 9.26. The number of hydrogen-bond acceptors (Lipinski definition) is 2. The zero-order chi connectivity index (χ0) is 10.1. The summed E-state index contributed by atoms with van der Waals surface area (Å²) in [7, 11) is 0. The lowest BCUT2D eigenvalue weighted by Crippen LogP contribution is -2.38. The van der Waals surface area contributed by atoms with Gasteiger partial charge < -0.3 is 5.32 Å². The van der Waals surface area contributed by atoms with Crippen molar-refractivity contribution in [2.24, 2.45) is 0 Å². The Labute approximate surface area is 93.3 Å². The summed E-state index contributed by atoms with van der Waals surface area (Å²) in [5, 5.41) is 9.38. The van der Waals surface area contributed by atoms with Crippen molar-refractivity contribution in [1.29, 1.82) is 0 Å². The van der Waals surface area contributed by atoms with Gasteiger partial charge in [-0.25, -0.2) is 5.32 Å². The fraction of sp³-hybridized carbons (Fsp3) is 0.333. The van der Waals surface area contributed by atoms with Crippen molar-refractivity contribution in [3.63, 3.8) is 0 Å². The standard InChI is InChI=1S/C12H13N2S/c1-2-4-11-9(3-1)7-12(15-11)10-8-13-5-6-14-10/h1-4,7,10,13H,5-6,8H2. The molecule has 15 heavy (non-hydrogen) atoms. The lowest BCUT2D eigenvalue weighted by Gasteiger charge is -2.21. The molecule has 0 spiro atoms. The van der Waals surface area contributed by atoms with E-state index in [1.807, 2.05) is 11.3 Å². The van der Waals surface area contributed by atoms with Gasteiger partial charge in [0.15, 0.2) is 0 Å². The van der Waals surface area contributed by atoms with Gasteiger partial charge in [-0.2, -0.15) is 0 Å². The Bertz CT molecular complexity index is 424. The van der Waals surface area contributed by atoms with Crippen LogP contribution in [0.2, 0.25) is 0 Å². The summed E-state index contributed by atoms with van der Waals surface area (Å²) < 4.78 is 1.37. The number of fused-ring (bicyclic) bond motifs is 1. The molecule has 2 heterocycles. The average Bonchev–Trinajstić information content (AvgIpc) is 2.74. The molecule has 1 unspecified atom stereocenters. The van der Waals surface area contributed by atoms with Crippen LogP contribution in [0.25, 0.3) is 10.1 Å². The molecule has 2 nitrogen and oxygen atoms in total. The van der Waals surface area contributed by atoms with Gasteiger partial charge in [0.25, 0.3) is 0 Å². The van der Waals surface area contributed by atoms with Gasteiger partial charge in [-0.3, -0.25) is 0 Å². The quantitative estimate of drug-likeness (QED) is 0.778. The van der Waals surface area contributed by atoms with Gasteiger partial charge in [0.05, 0.1) is 6.04 Å². The SMILES string of the molecule is c1ccc2sc(C3CNCC[N]3)cc2c1. The second-order valence-electron chi connectivity index (χ2n) is 3.81. The first-order chi connectivity index (χ1) is 7.43. The van der Waals surface area contributed by atoms with Crippen molar-refractivity contribution < 1.29 is 0 Å². The summed E-state index contributed by atoms with van der Waals surface area (Å²) in [6, 6.07) is 11.2. The van der Waals surface area contributed by atoms with Crippen LogP contribution in [-0.2, 0) is 0 Å². The maximum absolute atomic E-state index is 4.64. The summed E-state index contributed by atoms with van der Waals surface area (Å²) in [5.41, 5.74) is 0. The molecule has 1 aromatic heterocycles. The molecule has 3 heteroatoms. The van der Waals surface area contributed by atoms with Crippen LogP contribution in [0, 0.1) is 0 Å². The third-order valence-electron chi connectivity index (χ3n) is 2.75. The molecule has 1 aromatic carbocycles. The molecular weight excluding hydrogens is 204 g/mol. The number of thiophene rings is 1. The summed E-state index contributed by atoms with van der Waals surface area (Å²) in [6.45, 7) is 2.97. The van der Waals surface area contributed by atoms with E-state index in [-0.39, 0.29) is 0 Å². The van der Waals surface area contributed by atoms with Crippen LogP contribution in [0.5, 0.6) is 0 Å². The molecule has 1 radical (unpaired) electrons. The van der Waals surface area contributed by atoms with Gasteiger partial charge in [0.2, 0.25) is 0 Å². The fourth-order valence-electron chi connectivity index (χ4n) is 1.96. The lowest BCUT2D eigenvalue weighted by atomic mass is 10.2. The Balaban J connectivity index is 1.96. The Hall–Kier alpha value is -0.900. The zero-order valence-electron chi connectivity index (χ0n) is 8.44. The highest BCUT2D eigenvalue weighted by Crippen LogP contribution is 2.30. The second-order valence-corrected chi connectivity index (χ2v) is 4.93. The van der Waals surface area contributed by atoms with E-state index in [0.717, 1.165) is 19.6 Å². The van der Waals surface area contributed by atoms with Crippen LogP contribution in [0.15, 0.2) is 30.3 Å². The molecule has 0 aliphatic carbocycles. The van der Waals surface area contributed by atoms with Gasteiger partial charge >= 0.3 is 0 Å². The predicted molar refractivity (Wildman–Crippen MR) is 64.4 cm³/mol. The molecule has 1 aliphatic rings. The van der Waals surface area contributed by atoms with Gasteiger partial charge in [-0.15, -0.1) is 11.3 Å². The number of hydrogen-bond donors (Lipinski definition) is 1. The summed E-state index contributed by atoms with van der Waals surface area (Å²) in [5.74, 6) is 0. The minimum Gasteiger partial charge on any atom is -0.313 e. The van der Waals surface area contributed by atoms with Crippen molar-refractivity contribution in [1.82, 2.24) is 10.6 Å². The molecule has 0 saturated carbocycles. The van der Waals surface area contributed by atoms with Crippen molar-refractivity contribution in [2.45, 2.75) is 6.04 Å². The third kappa shape index (κ3) is 1.78. The lowest BCUT2D eigenvalue weighted by molar-refractivity contribution is 0.426. The van der Waals surface area contributed by atoms with E-state index >= 15 is 0 Å². The van der Waals surface area contributed by atoms with E-state index in [0.29, 0.717) is 6.04 Å². The highest BCUT2D eigenvalue weighted by molar-refractivity contribution is 7.19. The molecule has 1 fully saturated rings. The second kappa shape index (κ2) is 3.93. The van der Waals surface area contributed by atoms with Crippen molar-refractivity contribution in [3.8, 4) is 0 Å². The number of rotatable bonds is 1.